The second-order valence-corrected chi connectivity index (χ2v) is 7.79. The highest BCUT2D eigenvalue weighted by molar-refractivity contribution is 7.99. The molecule has 0 aliphatic carbocycles. The van der Waals surface area contributed by atoms with Crippen LogP contribution in [0.3, 0.4) is 0 Å². The Hall–Kier alpha value is -0.280. The number of thioether (sulfide) groups is 1. The van der Waals surface area contributed by atoms with Crippen molar-refractivity contribution in [2.45, 2.75) is 51.5 Å². The Morgan fingerprint density at radius 1 is 1.29 bits per heavy atom. The van der Waals surface area contributed by atoms with Gasteiger partial charge in [-0.15, -0.1) is 11.8 Å². The molecule has 96 valence electrons. The zero-order chi connectivity index (χ0) is 13.1. The highest BCUT2D eigenvalue weighted by Crippen LogP contribution is 2.26. The molecule has 0 amide bonds. The van der Waals surface area contributed by atoms with Crippen molar-refractivity contribution in [2.75, 3.05) is 0 Å². The molecule has 2 nitrogen and oxygen atoms in total. The number of rotatable bonds is 4. The quantitative estimate of drug-likeness (QED) is 0.762. The zero-order valence-electron chi connectivity index (χ0n) is 11.2. The van der Waals surface area contributed by atoms with Crippen LogP contribution < -0.4 is 0 Å². The Bertz CT molecular complexity index is 372. The summed E-state index contributed by atoms with van der Waals surface area (Å²) in [6, 6.07) is 1.87. The summed E-state index contributed by atoms with van der Waals surface area (Å²) in [5.74, 6) is 2.24. The van der Waals surface area contributed by atoms with Crippen molar-refractivity contribution in [1.29, 1.82) is 0 Å². The predicted octanol–water partition coefficient (Wildman–Crippen LogP) is 4.36. The van der Waals surface area contributed by atoms with E-state index in [2.05, 4.69) is 44.6 Å². The third kappa shape index (κ3) is 6.27. The molecule has 0 bridgehead atoms. The van der Waals surface area contributed by atoms with Crippen LogP contribution in [0.25, 0.3) is 0 Å². The van der Waals surface area contributed by atoms with E-state index in [1.54, 1.807) is 0 Å². The lowest BCUT2D eigenvalue weighted by atomic mass is 10.1. The molecule has 0 aromatic carbocycles. The van der Waals surface area contributed by atoms with Crippen molar-refractivity contribution in [2.24, 2.45) is 5.92 Å². The molecule has 4 heteroatoms. The largest absolute Gasteiger partial charge is 0.237 e. The normalized spacial score (nSPS) is 12.2. The minimum atomic E-state index is 0.226. The first-order valence-corrected chi connectivity index (χ1v) is 7.29. The van der Waals surface area contributed by atoms with Crippen LogP contribution in [0.5, 0.6) is 0 Å². The monoisotopic (exact) mass is 272 g/mol. The fourth-order valence-corrected chi connectivity index (χ4v) is 2.30. The molecule has 17 heavy (non-hydrogen) atoms. The van der Waals surface area contributed by atoms with E-state index in [4.69, 9.17) is 11.6 Å². The van der Waals surface area contributed by atoms with Crippen LogP contribution in [0.4, 0.5) is 0 Å². The van der Waals surface area contributed by atoms with Gasteiger partial charge in [0.25, 0.3) is 0 Å². The number of hydrogen-bond acceptors (Lipinski definition) is 3. The molecule has 0 radical (unpaired) electrons. The van der Waals surface area contributed by atoms with E-state index < -0.39 is 0 Å². The van der Waals surface area contributed by atoms with Crippen LogP contribution in [0.1, 0.15) is 46.1 Å². The van der Waals surface area contributed by atoms with Crippen LogP contribution in [0.2, 0.25) is 5.15 Å². The van der Waals surface area contributed by atoms with E-state index in [1.807, 2.05) is 17.8 Å². The van der Waals surface area contributed by atoms with Gasteiger partial charge in [-0.25, -0.2) is 9.97 Å². The fourth-order valence-electron chi connectivity index (χ4n) is 1.38. The molecule has 1 aromatic heterocycles. The molecule has 0 aliphatic rings. The van der Waals surface area contributed by atoms with E-state index in [0.717, 1.165) is 23.7 Å². The van der Waals surface area contributed by atoms with Gasteiger partial charge >= 0.3 is 0 Å². The van der Waals surface area contributed by atoms with Crippen molar-refractivity contribution >= 4 is 23.4 Å². The minimum absolute atomic E-state index is 0.226. The smallest absolute Gasteiger partial charge is 0.140 e. The molecular formula is C13H21ClN2S. The minimum Gasteiger partial charge on any atom is -0.237 e. The maximum atomic E-state index is 6.02. The molecule has 0 spiro atoms. The third-order valence-corrected chi connectivity index (χ3v) is 3.51. The van der Waals surface area contributed by atoms with Gasteiger partial charge in [-0.05, 0) is 18.4 Å². The summed E-state index contributed by atoms with van der Waals surface area (Å²) in [5.41, 5.74) is 1.05. The number of halogens is 1. The van der Waals surface area contributed by atoms with Crippen LogP contribution in [0, 0.1) is 5.92 Å². The molecule has 0 saturated heterocycles. The van der Waals surface area contributed by atoms with Gasteiger partial charge in [0.05, 0.1) is 5.75 Å². The summed E-state index contributed by atoms with van der Waals surface area (Å²) in [7, 11) is 0. The van der Waals surface area contributed by atoms with Gasteiger partial charge in [-0.3, -0.25) is 0 Å². The molecule has 0 N–H and O–H groups in total. The molecule has 1 heterocycles. The first-order valence-electron chi connectivity index (χ1n) is 5.92. The van der Waals surface area contributed by atoms with Gasteiger partial charge < -0.3 is 0 Å². The summed E-state index contributed by atoms with van der Waals surface area (Å²) >= 11 is 7.86. The van der Waals surface area contributed by atoms with Crippen molar-refractivity contribution in [3.63, 3.8) is 0 Å². The average molecular weight is 273 g/mol. The Labute approximate surface area is 114 Å². The maximum absolute atomic E-state index is 6.02. The first-order chi connectivity index (χ1) is 7.76. The van der Waals surface area contributed by atoms with E-state index in [1.165, 1.54) is 0 Å². The SMILES string of the molecule is CC(C)Cc1cc(Cl)nc(CSC(C)(C)C)n1. The zero-order valence-corrected chi connectivity index (χ0v) is 12.8. The van der Waals surface area contributed by atoms with Gasteiger partial charge in [-0.1, -0.05) is 46.2 Å². The molecule has 0 unspecified atom stereocenters. The van der Waals surface area contributed by atoms with Gasteiger partial charge in [0.15, 0.2) is 0 Å². The molecule has 0 saturated carbocycles. The highest BCUT2D eigenvalue weighted by Gasteiger charge is 2.13. The van der Waals surface area contributed by atoms with Gasteiger partial charge in [0.2, 0.25) is 0 Å². The van der Waals surface area contributed by atoms with E-state index in [9.17, 15) is 0 Å². The lowest BCUT2D eigenvalue weighted by molar-refractivity contribution is 0.631. The number of hydrogen-bond donors (Lipinski definition) is 0. The summed E-state index contributed by atoms with van der Waals surface area (Å²) in [5, 5.41) is 0.556. The standard InChI is InChI=1S/C13H21ClN2S/c1-9(2)6-10-7-11(14)16-12(15-10)8-17-13(3,4)5/h7,9H,6,8H2,1-5H3. The van der Waals surface area contributed by atoms with Crippen molar-refractivity contribution in [3.8, 4) is 0 Å². The predicted molar refractivity (Wildman–Crippen MR) is 76.6 cm³/mol. The molecular weight excluding hydrogens is 252 g/mol. The van der Waals surface area contributed by atoms with Crippen LogP contribution >= 0.6 is 23.4 Å². The molecule has 0 fully saturated rings. The Morgan fingerprint density at radius 2 is 1.94 bits per heavy atom. The van der Waals surface area contributed by atoms with Crippen LogP contribution in [-0.2, 0) is 12.2 Å². The average Bonchev–Trinajstić information content (AvgIpc) is 2.11. The lowest BCUT2D eigenvalue weighted by Crippen LogP contribution is -2.09. The summed E-state index contributed by atoms with van der Waals surface area (Å²) in [6.45, 7) is 10.9. The molecule has 1 aromatic rings. The molecule has 0 atom stereocenters. The van der Waals surface area contributed by atoms with Gasteiger partial charge in [0.1, 0.15) is 11.0 Å². The number of aromatic nitrogens is 2. The second kappa shape index (κ2) is 6.05. The highest BCUT2D eigenvalue weighted by atomic mass is 35.5. The Balaban J connectivity index is 2.75. The first kappa shape index (κ1) is 14.8. The van der Waals surface area contributed by atoms with E-state index in [-0.39, 0.29) is 4.75 Å². The Morgan fingerprint density at radius 3 is 2.47 bits per heavy atom. The van der Waals surface area contributed by atoms with Crippen LogP contribution in [0.15, 0.2) is 6.07 Å². The van der Waals surface area contributed by atoms with Crippen molar-refractivity contribution in [3.05, 3.63) is 22.7 Å². The topological polar surface area (TPSA) is 25.8 Å². The van der Waals surface area contributed by atoms with Gasteiger partial charge in [-0.2, -0.15) is 0 Å². The lowest BCUT2D eigenvalue weighted by Gasteiger charge is -2.17. The van der Waals surface area contributed by atoms with Gasteiger partial charge in [0, 0.05) is 10.4 Å². The third-order valence-electron chi connectivity index (χ3n) is 2.05. The fraction of sp³-hybridized carbons (Fsp3) is 0.692. The Kier molecular flexibility index (Phi) is 5.26. The van der Waals surface area contributed by atoms with E-state index in [0.29, 0.717) is 11.1 Å². The van der Waals surface area contributed by atoms with Crippen molar-refractivity contribution in [1.82, 2.24) is 9.97 Å². The maximum Gasteiger partial charge on any atom is 0.140 e. The van der Waals surface area contributed by atoms with E-state index >= 15 is 0 Å². The summed E-state index contributed by atoms with van der Waals surface area (Å²) < 4.78 is 0.226. The van der Waals surface area contributed by atoms with Crippen molar-refractivity contribution < 1.29 is 0 Å². The summed E-state index contributed by atoms with van der Waals surface area (Å²) in [6.07, 6.45) is 0.954. The molecule has 0 aliphatic heterocycles. The second-order valence-electron chi connectivity index (χ2n) is 5.60. The summed E-state index contributed by atoms with van der Waals surface area (Å²) in [4.78, 5) is 8.84. The number of nitrogens with zero attached hydrogens (tertiary/aromatic N) is 2. The molecule has 1 rings (SSSR count). The van der Waals surface area contributed by atoms with Crippen LogP contribution in [-0.4, -0.2) is 14.7 Å².